The molecule has 1 aliphatic heterocycles. The van der Waals surface area contributed by atoms with E-state index in [0.717, 1.165) is 29.4 Å². The second-order valence-corrected chi connectivity index (χ2v) is 5.56. The highest BCUT2D eigenvalue weighted by Crippen LogP contribution is 2.29. The lowest BCUT2D eigenvalue weighted by Crippen LogP contribution is -2.33. The zero-order valence-corrected chi connectivity index (χ0v) is 11.6. The Morgan fingerprint density at radius 3 is 3.11 bits per heavy atom. The van der Waals surface area contributed by atoms with Gasteiger partial charge in [-0.05, 0) is 18.2 Å². The molecule has 1 unspecified atom stereocenters. The average Bonchev–Trinajstić information content (AvgIpc) is 2.93. The van der Waals surface area contributed by atoms with Gasteiger partial charge in [0.2, 0.25) is 0 Å². The predicted molar refractivity (Wildman–Crippen MR) is 74.1 cm³/mol. The third kappa shape index (κ3) is 2.79. The standard InChI is InChI=1S/C13H12ClFN2OS/c14-9-5-8(1-2-10(9)15)11-7-19-13(17-11)12-6-16-3-4-18-12/h1-2,5,7,12,16H,3-4,6H2. The summed E-state index contributed by atoms with van der Waals surface area (Å²) in [5.74, 6) is -0.416. The molecule has 0 saturated carbocycles. The summed E-state index contributed by atoms with van der Waals surface area (Å²) in [6.45, 7) is 2.35. The van der Waals surface area contributed by atoms with Crippen LogP contribution in [0, 0.1) is 5.82 Å². The van der Waals surface area contributed by atoms with Crippen molar-refractivity contribution in [3.05, 3.63) is 39.4 Å². The highest BCUT2D eigenvalue weighted by molar-refractivity contribution is 7.10. The Hall–Kier alpha value is -1.01. The Morgan fingerprint density at radius 1 is 1.47 bits per heavy atom. The third-order valence-corrected chi connectivity index (χ3v) is 4.17. The Bertz CT molecular complexity index is 584. The number of thiazole rings is 1. The summed E-state index contributed by atoms with van der Waals surface area (Å²) in [6, 6.07) is 4.63. The van der Waals surface area contributed by atoms with Crippen LogP contribution in [0.25, 0.3) is 11.3 Å². The molecule has 0 aliphatic carbocycles. The Labute approximate surface area is 119 Å². The lowest BCUT2D eigenvalue weighted by atomic mass is 10.2. The number of benzene rings is 1. The number of hydrogen-bond donors (Lipinski definition) is 1. The maximum atomic E-state index is 13.1. The fourth-order valence-corrected chi connectivity index (χ4v) is 3.00. The smallest absolute Gasteiger partial charge is 0.141 e. The number of nitrogens with one attached hydrogen (secondary N) is 1. The molecule has 1 fully saturated rings. The molecule has 1 aliphatic rings. The molecule has 3 nitrogen and oxygen atoms in total. The maximum absolute atomic E-state index is 13.1. The number of nitrogens with zero attached hydrogens (tertiary/aromatic N) is 1. The van der Waals surface area contributed by atoms with Crippen LogP contribution in [0.2, 0.25) is 5.02 Å². The molecule has 0 amide bonds. The van der Waals surface area contributed by atoms with Crippen LogP contribution in [0.1, 0.15) is 11.1 Å². The van der Waals surface area contributed by atoms with Crippen molar-refractivity contribution in [1.82, 2.24) is 10.3 Å². The van der Waals surface area contributed by atoms with Gasteiger partial charge in [-0.1, -0.05) is 11.6 Å². The minimum absolute atomic E-state index is 0.00317. The Balaban J connectivity index is 1.85. The van der Waals surface area contributed by atoms with Crippen molar-refractivity contribution in [3.63, 3.8) is 0 Å². The van der Waals surface area contributed by atoms with Crippen LogP contribution in [0.3, 0.4) is 0 Å². The minimum atomic E-state index is -0.416. The first-order valence-electron chi connectivity index (χ1n) is 5.97. The molecule has 1 aromatic heterocycles. The molecule has 3 rings (SSSR count). The summed E-state index contributed by atoms with van der Waals surface area (Å²) >= 11 is 7.33. The highest BCUT2D eigenvalue weighted by atomic mass is 35.5. The SMILES string of the molecule is Fc1ccc(-c2csc(C3CNCCO3)n2)cc1Cl. The number of ether oxygens (including phenoxy) is 1. The van der Waals surface area contributed by atoms with Gasteiger partial charge in [-0.15, -0.1) is 11.3 Å². The van der Waals surface area contributed by atoms with Crippen LogP contribution in [0.15, 0.2) is 23.6 Å². The summed E-state index contributed by atoms with van der Waals surface area (Å²) in [7, 11) is 0. The van der Waals surface area contributed by atoms with Gasteiger partial charge in [-0.3, -0.25) is 0 Å². The molecule has 1 N–H and O–H groups in total. The van der Waals surface area contributed by atoms with Crippen molar-refractivity contribution in [3.8, 4) is 11.3 Å². The van der Waals surface area contributed by atoms with Gasteiger partial charge in [0.1, 0.15) is 16.9 Å². The molecule has 1 atom stereocenters. The summed E-state index contributed by atoms with van der Waals surface area (Å²) in [5, 5.41) is 6.26. The van der Waals surface area contributed by atoms with Crippen molar-refractivity contribution in [2.24, 2.45) is 0 Å². The summed E-state index contributed by atoms with van der Waals surface area (Å²) in [4.78, 5) is 4.55. The second kappa shape index (κ2) is 5.54. The molecule has 100 valence electrons. The monoisotopic (exact) mass is 298 g/mol. The quantitative estimate of drug-likeness (QED) is 0.924. The average molecular weight is 299 g/mol. The van der Waals surface area contributed by atoms with Crippen molar-refractivity contribution in [1.29, 1.82) is 0 Å². The van der Waals surface area contributed by atoms with E-state index in [-0.39, 0.29) is 11.1 Å². The molecule has 0 spiro atoms. The second-order valence-electron chi connectivity index (χ2n) is 4.26. The number of aromatic nitrogens is 1. The molecule has 2 aromatic rings. The minimum Gasteiger partial charge on any atom is -0.368 e. The van der Waals surface area contributed by atoms with E-state index in [4.69, 9.17) is 16.3 Å². The van der Waals surface area contributed by atoms with Gasteiger partial charge in [0.25, 0.3) is 0 Å². The van der Waals surface area contributed by atoms with Crippen LogP contribution < -0.4 is 5.32 Å². The van der Waals surface area contributed by atoms with Crippen molar-refractivity contribution in [2.75, 3.05) is 19.7 Å². The molecule has 0 radical (unpaired) electrons. The fourth-order valence-electron chi connectivity index (χ4n) is 1.95. The van der Waals surface area contributed by atoms with Crippen molar-refractivity contribution in [2.45, 2.75) is 6.10 Å². The number of hydrogen-bond acceptors (Lipinski definition) is 4. The normalized spacial score (nSPS) is 19.6. The number of rotatable bonds is 2. The van der Waals surface area contributed by atoms with Gasteiger partial charge in [0.05, 0.1) is 17.3 Å². The third-order valence-electron chi connectivity index (χ3n) is 2.94. The summed E-state index contributed by atoms with van der Waals surface area (Å²) in [6.07, 6.45) is 0.00317. The van der Waals surface area contributed by atoms with Crippen LogP contribution in [0.4, 0.5) is 4.39 Å². The summed E-state index contributed by atoms with van der Waals surface area (Å²) < 4.78 is 18.8. The van der Waals surface area contributed by atoms with E-state index < -0.39 is 5.82 Å². The molecule has 19 heavy (non-hydrogen) atoms. The van der Waals surface area contributed by atoms with Gasteiger partial charge in [-0.2, -0.15) is 0 Å². The van der Waals surface area contributed by atoms with E-state index in [0.29, 0.717) is 6.61 Å². The van der Waals surface area contributed by atoms with Gasteiger partial charge < -0.3 is 10.1 Å². The molecular formula is C13H12ClFN2OS. The van der Waals surface area contributed by atoms with Crippen molar-refractivity contribution >= 4 is 22.9 Å². The molecule has 0 bridgehead atoms. The van der Waals surface area contributed by atoms with Crippen LogP contribution in [0.5, 0.6) is 0 Å². The fraction of sp³-hybridized carbons (Fsp3) is 0.308. The topological polar surface area (TPSA) is 34.1 Å². The van der Waals surface area contributed by atoms with E-state index in [1.807, 2.05) is 5.38 Å². The van der Waals surface area contributed by atoms with Gasteiger partial charge in [-0.25, -0.2) is 9.37 Å². The Morgan fingerprint density at radius 2 is 2.37 bits per heavy atom. The first-order chi connectivity index (χ1) is 9.24. The highest BCUT2D eigenvalue weighted by Gasteiger charge is 2.19. The first kappa shape index (κ1) is 13.0. The lowest BCUT2D eigenvalue weighted by Gasteiger charge is -2.21. The summed E-state index contributed by atoms with van der Waals surface area (Å²) in [5.41, 5.74) is 1.62. The maximum Gasteiger partial charge on any atom is 0.141 e. The first-order valence-corrected chi connectivity index (χ1v) is 7.23. The molecular weight excluding hydrogens is 287 g/mol. The molecule has 2 heterocycles. The van der Waals surface area contributed by atoms with E-state index >= 15 is 0 Å². The zero-order valence-electron chi connectivity index (χ0n) is 10.0. The van der Waals surface area contributed by atoms with Crippen LogP contribution in [-0.2, 0) is 4.74 Å². The molecule has 6 heteroatoms. The number of morpholine rings is 1. The van der Waals surface area contributed by atoms with Crippen LogP contribution >= 0.6 is 22.9 Å². The van der Waals surface area contributed by atoms with Crippen molar-refractivity contribution < 1.29 is 9.13 Å². The lowest BCUT2D eigenvalue weighted by molar-refractivity contribution is 0.0276. The molecule has 1 saturated heterocycles. The number of halogens is 2. The largest absolute Gasteiger partial charge is 0.368 e. The Kier molecular flexibility index (Phi) is 3.79. The van der Waals surface area contributed by atoms with E-state index in [1.165, 1.54) is 6.07 Å². The van der Waals surface area contributed by atoms with Gasteiger partial charge >= 0.3 is 0 Å². The van der Waals surface area contributed by atoms with E-state index in [2.05, 4.69) is 10.3 Å². The predicted octanol–water partition coefficient (Wildman–Crippen LogP) is 3.26. The zero-order chi connectivity index (χ0) is 13.2. The van der Waals surface area contributed by atoms with Crippen LogP contribution in [-0.4, -0.2) is 24.7 Å². The van der Waals surface area contributed by atoms with Gasteiger partial charge in [0.15, 0.2) is 0 Å². The van der Waals surface area contributed by atoms with Gasteiger partial charge in [0, 0.05) is 24.0 Å². The van der Waals surface area contributed by atoms with E-state index in [9.17, 15) is 4.39 Å². The van der Waals surface area contributed by atoms with E-state index in [1.54, 1.807) is 23.5 Å². The molecule has 1 aromatic carbocycles.